The van der Waals surface area contributed by atoms with Crippen LogP contribution in [0.2, 0.25) is 0 Å². The summed E-state index contributed by atoms with van der Waals surface area (Å²) in [5.41, 5.74) is 3.59. The van der Waals surface area contributed by atoms with Gasteiger partial charge < -0.3 is 4.98 Å². The van der Waals surface area contributed by atoms with Gasteiger partial charge in [-0.2, -0.15) is 13.2 Å². The first-order valence-corrected chi connectivity index (χ1v) is 9.15. The minimum Gasteiger partial charge on any atom is -0.361 e. The highest BCUT2D eigenvalue weighted by Gasteiger charge is 2.30. The lowest BCUT2D eigenvalue weighted by atomic mass is 9.97. The van der Waals surface area contributed by atoms with Gasteiger partial charge in [0, 0.05) is 31.3 Å². The van der Waals surface area contributed by atoms with Crippen LogP contribution in [-0.4, -0.2) is 29.5 Å². The number of aromatic nitrogens is 1. The number of halogens is 3. The van der Waals surface area contributed by atoms with Crippen LogP contribution in [-0.2, 0) is 12.6 Å². The quantitative estimate of drug-likeness (QED) is 0.641. The second kappa shape index (κ2) is 7.24. The molecule has 5 heteroatoms. The van der Waals surface area contributed by atoms with Crippen LogP contribution in [0.3, 0.4) is 0 Å². The van der Waals surface area contributed by atoms with E-state index >= 15 is 0 Å². The third-order valence-electron chi connectivity index (χ3n) is 5.22. The first kappa shape index (κ1) is 17.9. The minimum atomic E-state index is -4.30. The number of aromatic amines is 1. The van der Waals surface area contributed by atoms with Crippen molar-refractivity contribution < 1.29 is 13.2 Å². The standard InChI is InChI=1S/C22H21F3N2/c23-22(24,25)20-6-2-5-19(15-20)16-8-12-27(13-9-16)14-10-18-4-1-3-17-7-11-26-21(17)18/h1-8,11,15,26H,9-10,12-14H2. The Labute approximate surface area is 156 Å². The van der Waals surface area contributed by atoms with Crippen molar-refractivity contribution >= 4 is 16.5 Å². The van der Waals surface area contributed by atoms with Gasteiger partial charge in [0.1, 0.15) is 0 Å². The molecule has 0 spiro atoms. The first-order valence-electron chi connectivity index (χ1n) is 9.15. The number of hydrogen-bond acceptors (Lipinski definition) is 1. The molecule has 4 rings (SSSR count). The van der Waals surface area contributed by atoms with E-state index in [9.17, 15) is 13.2 Å². The van der Waals surface area contributed by atoms with E-state index in [0.717, 1.165) is 44.1 Å². The summed E-state index contributed by atoms with van der Waals surface area (Å²) >= 11 is 0. The predicted molar refractivity (Wildman–Crippen MR) is 102 cm³/mol. The lowest BCUT2D eigenvalue weighted by Gasteiger charge is -2.26. The maximum absolute atomic E-state index is 12.9. The average Bonchev–Trinajstić information content (AvgIpc) is 3.16. The number of para-hydroxylation sites is 1. The Morgan fingerprint density at radius 3 is 2.67 bits per heavy atom. The lowest BCUT2D eigenvalue weighted by Crippen LogP contribution is -2.30. The summed E-state index contributed by atoms with van der Waals surface area (Å²) in [7, 11) is 0. The molecule has 0 saturated heterocycles. The van der Waals surface area contributed by atoms with Crippen molar-refractivity contribution in [2.45, 2.75) is 19.0 Å². The maximum Gasteiger partial charge on any atom is 0.416 e. The summed E-state index contributed by atoms with van der Waals surface area (Å²) in [6, 6.07) is 14.0. The molecule has 27 heavy (non-hydrogen) atoms. The van der Waals surface area contributed by atoms with E-state index in [2.05, 4.69) is 40.2 Å². The van der Waals surface area contributed by atoms with E-state index in [0.29, 0.717) is 5.56 Å². The SMILES string of the molecule is FC(F)(F)c1cccc(C2=CCN(CCc3cccc4cc[nH]c34)CC2)c1. The second-order valence-electron chi connectivity index (χ2n) is 6.97. The second-order valence-corrected chi connectivity index (χ2v) is 6.97. The molecule has 0 radical (unpaired) electrons. The Bertz CT molecular complexity index is 969. The van der Waals surface area contributed by atoms with Crippen LogP contribution in [0.25, 0.3) is 16.5 Å². The zero-order chi connectivity index (χ0) is 18.9. The van der Waals surface area contributed by atoms with Crippen LogP contribution >= 0.6 is 0 Å². The Kier molecular flexibility index (Phi) is 4.79. The zero-order valence-electron chi connectivity index (χ0n) is 14.9. The molecule has 0 unspecified atom stereocenters. The van der Waals surface area contributed by atoms with Crippen molar-refractivity contribution in [3.05, 3.63) is 77.5 Å². The van der Waals surface area contributed by atoms with Gasteiger partial charge in [-0.05, 0) is 53.1 Å². The molecule has 2 aromatic carbocycles. The van der Waals surface area contributed by atoms with Gasteiger partial charge in [0.2, 0.25) is 0 Å². The fourth-order valence-corrected chi connectivity index (χ4v) is 3.71. The third kappa shape index (κ3) is 3.93. The molecule has 0 atom stereocenters. The number of alkyl halides is 3. The summed E-state index contributed by atoms with van der Waals surface area (Å²) in [6.07, 6.45) is 1.45. The molecule has 1 aromatic heterocycles. The number of rotatable bonds is 4. The van der Waals surface area contributed by atoms with Gasteiger partial charge in [-0.1, -0.05) is 36.4 Å². The Balaban J connectivity index is 1.41. The van der Waals surface area contributed by atoms with Crippen LogP contribution in [0.5, 0.6) is 0 Å². The van der Waals surface area contributed by atoms with E-state index in [1.807, 2.05) is 6.20 Å². The summed E-state index contributed by atoms with van der Waals surface area (Å²) in [5, 5.41) is 1.22. The van der Waals surface area contributed by atoms with Crippen molar-refractivity contribution in [3.8, 4) is 0 Å². The number of benzene rings is 2. The Hall–Kier alpha value is -2.53. The van der Waals surface area contributed by atoms with Gasteiger partial charge in [0.25, 0.3) is 0 Å². The molecule has 3 aromatic rings. The number of hydrogen-bond donors (Lipinski definition) is 1. The fraction of sp³-hybridized carbons (Fsp3) is 0.273. The van der Waals surface area contributed by atoms with E-state index in [1.54, 1.807) is 6.07 Å². The molecule has 2 nitrogen and oxygen atoms in total. The smallest absolute Gasteiger partial charge is 0.361 e. The molecule has 1 aliphatic heterocycles. The van der Waals surface area contributed by atoms with Crippen LogP contribution in [0.1, 0.15) is 23.1 Å². The number of H-pyrrole nitrogens is 1. The number of nitrogens with zero attached hydrogens (tertiary/aromatic N) is 1. The molecule has 0 amide bonds. The van der Waals surface area contributed by atoms with Crippen molar-refractivity contribution in [1.82, 2.24) is 9.88 Å². The topological polar surface area (TPSA) is 19.0 Å². The van der Waals surface area contributed by atoms with Crippen molar-refractivity contribution in [2.24, 2.45) is 0 Å². The summed E-state index contributed by atoms with van der Waals surface area (Å²) < 4.78 is 38.7. The molecular weight excluding hydrogens is 349 g/mol. The molecule has 0 saturated carbocycles. The highest BCUT2D eigenvalue weighted by Crippen LogP contribution is 2.32. The summed E-state index contributed by atoms with van der Waals surface area (Å²) in [5.74, 6) is 0. The van der Waals surface area contributed by atoms with E-state index in [4.69, 9.17) is 0 Å². The molecule has 140 valence electrons. The van der Waals surface area contributed by atoms with E-state index < -0.39 is 11.7 Å². The van der Waals surface area contributed by atoms with Gasteiger partial charge in [0.15, 0.2) is 0 Å². The van der Waals surface area contributed by atoms with Gasteiger partial charge in [-0.25, -0.2) is 0 Å². The van der Waals surface area contributed by atoms with E-state index in [-0.39, 0.29) is 0 Å². The molecule has 0 fully saturated rings. The number of fused-ring (bicyclic) bond motifs is 1. The zero-order valence-corrected chi connectivity index (χ0v) is 14.9. The minimum absolute atomic E-state index is 0.581. The maximum atomic E-state index is 12.9. The third-order valence-corrected chi connectivity index (χ3v) is 5.22. The highest BCUT2D eigenvalue weighted by molar-refractivity contribution is 5.82. The van der Waals surface area contributed by atoms with Gasteiger partial charge in [0.05, 0.1) is 5.56 Å². The van der Waals surface area contributed by atoms with Gasteiger partial charge in [-0.15, -0.1) is 0 Å². The Morgan fingerprint density at radius 2 is 1.89 bits per heavy atom. The van der Waals surface area contributed by atoms with Crippen LogP contribution in [0.4, 0.5) is 13.2 Å². The van der Waals surface area contributed by atoms with Crippen molar-refractivity contribution in [2.75, 3.05) is 19.6 Å². The molecular formula is C22H21F3N2. The monoisotopic (exact) mass is 370 g/mol. The van der Waals surface area contributed by atoms with E-state index in [1.165, 1.54) is 28.6 Å². The highest BCUT2D eigenvalue weighted by atomic mass is 19.4. The van der Waals surface area contributed by atoms with Crippen molar-refractivity contribution in [1.29, 1.82) is 0 Å². The largest absolute Gasteiger partial charge is 0.416 e. The predicted octanol–water partition coefficient (Wildman–Crippen LogP) is 5.52. The van der Waals surface area contributed by atoms with Gasteiger partial charge in [-0.3, -0.25) is 4.90 Å². The van der Waals surface area contributed by atoms with Crippen LogP contribution < -0.4 is 0 Å². The summed E-state index contributed by atoms with van der Waals surface area (Å²) in [4.78, 5) is 5.65. The molecule has 1 N–H and O–H groups in total. The lowest BCUT2D eigenvalue weighted by molar-refractivity contribution is -0.137. The molecule has 0 aliphatic carbocycles. The normalized spacial score (nSPS) is 15.9. The fourth-order valence-electron chi connectivity index (χ4n) is 3.71. The van der Waals surface area contributed by atoms with Crippen molar-refractivity contribution in [3.63, 3.8) is 0 Å². The molecule has 2 heterocycles. The van der Waals surface area contributed by atoms with Crippen LogP contribution in [0.15, 0.2) is 60.8 Å². The summed E-state index contributed by atoms with van der Waals surface area (Å²) in [6.45, 7) is 2.57. The molecule has 1 aliphatic rings. The first-order chi connectivity index (χ1) is 13.0. The Morgan fingerprint density at radius 1 is 1.04 bits per heavy atom. The number of nitrogens with one attached hydrogen (secondary N) is 1. The molecule has 0 bridgehead atoms. The van der Waals surface area contributed by atoms with Crippen LogP contribution in [0, 0.1) is 0 Å². The van der Waals surface area contributed by atoms with Gasteiger partial charge >= 0.3 is 6.18 Å². The average molecular weight is 370 g/mol.